The molecular formula is C36H48Na16O74S16. The third-order valence-corrected chi connectivity index (χ3v) is 22.0. The first-order valence-corrected chi connectivity index (χ1v) is 52.2. The van der Waals surface area contributed by atoms with Crippen LogP contribution in [0.3, 0.4) is 0 Å². The first-order chi connectivity index (χ1) is 56.3. The van der Waals surface area contributed by atoms with Gasteiger partial charge < -0.3 is 120 Å². The van der Waals surface area contributed by atoms with Crippen LogP contribution in [-0.2, 0) is 281 Å². The molecule has 142 heavy (non-hydrogen) atoms. The summed E-state index contributed by atoms with van der Waals surface area (Å²) in [6.45, 7) is -12.2. The molecule has 0 N–H and O–H groups in total. The zero-order chi connectivity index (χ0) is 96.9. The molecule has 25 atom stereocenters. The topological polar surface area (TPSA) is 1160 Å². The van der Waals surface area contributed by atoms with Crippen molar-refractivity contribution in [3.05, 3.63) is 0 Å². The second-order valence-corrected chi connectivity index (χ2v) is 40.0. The molecule has 0 aromatic heterocycles. The fourth-order valence-electron chi connectivity index (χ4n) is 11.1. The van der Waals surface area contributed by atoms with E-state index in [2.05, 4.69) is 66.9 Å². The molecule has 0 amide bonds. The molecule has 5 fully saturated rings. The molecule has 5 aliphatic rings. The maximum Gasteiger partial charge on any atom is 1.00 e. The molecule has 5 heterocycles. The fraction of sp³-hybridized carbons (Fsp3) is 1.00. The van der Waals surface area contributed by atoms with Crippen molar-refractivity contribution in [1.29, 1.82) is 0 Å². The molecular weight excluding hydrogens is 2500 g/mol. The van der Waals surface area contributed by atoms with Crippen LogP contribution >= 0.6 is 0 Å². The van der Waals surface area contributed by atoms with Gasteiger partial charge in [0.15, 0.2) is 62.0 Å². The van der Waals surface area contributed by atoms with Crippen LogP contribution in [0.2, 0.25) is 0 Å². The fourth-order valence-corrected chi connectivity index (χ4v) is 17.9. The van der Waals surface area contributed by atoms with E-state index in [0.717, 1.165) is 0 Å². The molecule has 1 unspecified atom stereocenters. The Labute approximate surface area is 1160 Å². The second-order valence-electron chi connectivity index (χ2n) is 23.7. The smallest absolute Gasteiger partial charge is 0.726 e. The normalized spacial score (nSPS) is 28.7. The van der Waals surface area contributed by atoms with Gasteiger partial charge in [0.1, 0.15) is 91.6 Å². The molecule has 748 valence electrons. The van der Waals surface area contributed by atoms with Crippen molar-refractivity contribution in [2.75, 3.05) is 39.6 Å². The minimum absolute atomic E-state index is 0. The Morgan fingerprint density at radius 1 is 0.176 bits per heavy atom. The minimum atomic E-state index is -7.48. The Morgan fingerprint density at radius 3 is 0.479 bits per heavy atom. The van der Waals surface area contributed by atoms with Crippen LogP contribution in [0.5, 0.6) is 0 Å². The molecule has 0 saturated carbocycles. The predicted molar refractivity (Wildman–Crippen MR) is 331 cm³/mol. The summed E-state index contributed by atoms with van der Waals surface area (Å²) >= 11 is 0. The van der Waals surface area contributed by atoms with E-state index < -0.39 is 360 Å². The van der Waals surface area contributed by atoms with Crippen molar-refractivity contribution in [1.82, 2.24) is 0 Å². The van der Waals surface area contributed by atoms with Crippen molar-refractivity contribution in [3.63, 3.8) is 0 Å². The summed E-state index contributed by atoms with van der Waals surface area (Å²) in [5.74, 6) is 0. The minimum Gasteiger partial charge on any atom is -0.726 e. The van der Waals surface area contributed by atoms with E-state index in [0.29, 0.717) is 6.42 Å². The molecule has 0 aliphatic carbocycles. The summed E-state index contributed by atoms with van der Waals surface area (Å²) in [6.07, 6.45) is -100. The van der Waals surface area contributed by atoms with Gasteiger partial charge in [0.05, 0.1) is 33.0 Å². The van der Waals surface area contributed by atoms with Gasteiger partial charge in [-0.05, 0) is 6.42 Å². The van der Waals surface area contributed by atoms with Gasteiger partial charge in [-0.25, -0.2) is 135 Å². The number of rotatable bonds is 51. The van der Waals surface area contributed by atoms with E-state index >= 15 is 0 Å². The van der Waals surface area contributed by atoms with Crippen LogP contribution in [0.1, 0.15) is 32.6 Å². The third kappa shape index (κ3) is 72.8. The van der Waals surface area contributed by atoms with Crippen molar-refractivity contribution in [3.8, 4) is 0 Å². The average Bonchev–Trinajstić information content (AvgIpc) is 0.713. The van der Waals surface area contributed by atoms with Gasteiger partial charge in [-0.2, -0.15) is 0 Å². The van der Waals surface area contributed by atoms with Crippen LogP contribution < -0.4 is 473 Å². The molecule has 0 aromatic rings. The van der Waals surface area contributed by atoms with Crippen LogP contribution in [0.15, 0.2) is 0 Å². The van der Waals surface area contributed by atoms with E-state index in [4.69, 9.17) is 47.4 Å². The standard InChI is InChI=1S/C36H64O74S16.16Na/c1-2-3-4-5-6-85-32-27(106-122(70,71)72)22(17(100-116(52,53)54)12(91-32)7-86-111(37,38)39)96-33-28(107-123(73,74)75)23(18(101-117(55,56)57)13(92-33)8-87-112(40,41)42)97-34-29(108-124(76,77)78)24(19(102-118(58,59)60)14(93-34)9-88-113(43,44)45)98-35-30(109-125(79,80)81)25(20(103-119(61,62)63)15(94-35)10-89-114(46,47)48)99-36-31(110-126(82,83)84)26(105-121(67,68)69)21(104-120(64,65)66)16(95-36)11-90-115(49,50)51;;;;;;;;;;;;;;;;/h12-36H,2-11H2,1H3,(H,37,38,39)(H,40,41,42)(H,43,44,45)(H,46,47,48)(H,49,50,51)(H,52,53,54)(H,55,56,57)(H,58,59,60)(H,61,62,63)(H,64,65,66)(H,67,68,69)(H,70,71,72)(H,73,74,75)(H,76,77,78)(H,79,80,81)(H,82,83,84);;;;;;;;;;;;;;;;/q;16*+1/p-16/t12-,13-,14-,15-,16-,17-,18-,19-,20-,21-,22+,23+,24+,25+,26+,27-,28-,29-,30-,31-,32?,33+,34+,35+,36+;;;;;;;;;;;;;;;;/m1................/s1. The molecule has 106 heteroatoms. The molecule has 0 radical (unpaired) electrons. The first kappa shape index (κ1) is 180. The monoisotopic (exact) mass is 2540 g/mol. The molecule has 5 saturated heterocycles. The Hall–Kier alpha value is 13.5. The van der Waals surface area contributed by atoms with Gasteiger partial charge in [-0.3, -0.25) is 66.9 Å². The van der Waals surface area contributed by atoms with Gasteiger partial charge in [0.2, 0.25) is 166 Å². The summed E-state index contributed by atoms with van der Waals surface area (Å²) in [4.78, 5) is 0. The van der Waals surface area contributed by atoms with Gasteiger partial charge in [-0.15, -0.1) is 0 Å². The summed E-state index contributed by atoms with van der Waals surface area (Å²) in [5, 5.41) is 0. The summed E-state index contributed by atoms with van der Waals surface area (Å²) in [7, 11) is -111. The van der Waals surface area contributed by atoms with E-state index in [1.54, 1.807) is 6.92 Å². The number of hydrogen-bond acceptors (Lipinski definition) is 74. The van der Waals surface area contributed by atoms with Gasteiger partial charge in [0, 0.05) is 6.61 Å². The van der Waals surface area contributed by atoms with E-state index in [9.17, 15) is 208 Å². The van der Waals surface area contributed by atoms with Gasteiger partial charge in [-0.1, -0.05) is 26.2 Å². The SMILES string of the molecule is CCCCCCOC1O[C@H](COS(=O)(=O)[O-])[C@@H](OS(=O)(=O)[O-])[C@H](O[C@@H]2O[C@H](COS(=O)(=O)[O-])[C@@H](OS(=O)(=O)[O-])[C@H](O[C@@H]3O[C@H](COS(=O)(=O)[O-])[C@@H](OS(=O)(=O)[O-])[C@H](O[C@@H]4O[C@H](COS(=O)(=O)[O-])[C@@H](OS(=O)(=O)[O-])[C@H](O[C@@H]5O[C@H](COS(=O)(=O)[O-])[C@@H](OS(=O)(=O)[O-])[C@H](OS(=O)(=O)[O-])[C@H]5OS(=O)(=O)[O-])[C@H]4OS(=O)(=O)[O-])[C@H]3OS(=O)(=O)[O-])[C@H]2OS(=O)(=O)[O-])[C@H]1OS(=O)(=O)[O-].[Na+].[Na+].[Na+].[Na+].[Na+].[Na+].[Na+].[Na+].[Na+].[Na+].[Na+].[Na+].[Na+].[Na+].[Na+].[Na+]. The Morgan fingerprint density at radius 2 is 0.317 bits per heavy atom. The second kappa shape index (κ2) is 74.9. The molecule has 0 spiro atoms. The number of unbranched alkanes of at least 4 members (excludes halogenated alkanes) is 3. The molecule has 5 aliphatic heterocycles. The van der Waals surface area contributed by atoms with E-state index in [1.165, 1.54) is 0 Å². The largest absolute Gasteiger partial charge is 1.00 e. The first-order valence-electron chi connectivity index (χ1n) is 30.9. The Kier molecular flexibility index (Phi) is 95.1. The number of ether oxygens (including phenoxy) is 10. The molecule has 0 bridgehead atoms. The Balaban J connectivity index is -0.00000106. The van der Waals surface area contributed by atoms with Crippen molar-refractivity contribution >= 4 is 166 Å². The third-order valence-electron chi connectivity index (χ3n) is 14.8. The summed E-state index contributed by atoms with van der Waals surface area (Å²) < 4.78 is 716. The van der Waals surface area contributed by atoms with Gasteiger partial charge in [0.25, 0.3) is 0 Å². The predicted octanol–water partition coefficient (Wildman–Crippen LogP) is -65.5. The molecule has 5 rings (SSSR count). The maximum absolute atomic E-state index is 13.2. The van der Waals surface area contributed by atoms with Crippen molar-refractivity contribution in [2.24, 2.45) is 0 Å². The zero-order valence-electron chi connectivity index (χ0n) is 75.2. The van der Waals surface area contributed by atoms with Gasteiger partial charge >= 0.3 is 473 Å². The molecule has 74 nitrogen and oxygen atoms in total. The summed E-state index contributed by atoms with van der Waals surface area (Å²) in [5.41, 5.74) is 0. The van der Waals surface area contributed by atoms with Crippen molar-refractivity contribution in [2.45, 2.75) is 186 Å². The molecule has 0 aromatic carbocycles. The van der Waals surface area contributed by atoms with Crippen LogP contribution in [0.25, 0.3) is 0 Å². The van der Waals surface area contributed by atoms with Crippen LogP contribution in [-0.4, -0.2) is 401 Å². The van der Waals surface area contributed by atoms with E-state index in [1.807, 2.05) is 0 Å². The zero-order valence-corrected chi connectivity index (χ0v) is 120. The maximum atomic E-state index is 13.2. The summed E-state index contributed by atoms with van der Waals surface area (Å²) in [6, 6.07) is 0. The average molecular weight is 2550 g/mol. The van der Waals surface area contributed by atoms with Crippen LogP contribution in [0.4, 0.5) is 0 Å². The number of hydrogen-bond donors (Lipinski definition) is 0. The Bertz CT molecular complexity index is 5760. The van der Waals surface area contributed by atoms with E-state index in [-0.39, 0.29) is 492 Å². The van der Waals surface area contributed by atoms with Crippen LogP contribution in [0, 0.1) is 0 Å². The van der Waals surface area contributed by atoms with Crippen molar-refractivity contribution < 1.29 is 795 Å². The quantitative estimate of drug-likeness (QED) is 0.0236.